The van der Waals surface area contributed by atoms with E-state index in [-0.39, 0.29) is 11.7 Å². The Morgan fingerprint density at radius 2 is 2.03 bits per heavy atom. The summed E-state index contributed by atoms with van der Waals surface area (Å²) in [4.78, 5) is 12.1. The number of ether oxygens (including phenoxy) is 1. The zero-order valence-corrected chi connectivity index (χ0v) is 18.6. The fraction of sp³-hybridized carbons (Fsp3) is 0.211. The van der Waals surface area contributed by atoms with E-state index < -0.39 is 0 Å². The molecule has 3 aromatic rings. The fourth-order valence-electron chi connectivity index (χ4n) is 2.42. The van der Waals surface area contributed by atoms with Gasteiger partial charge in [0.25, 0.3) is 0 Å². The minimum atomic E-state index is -0.0745. The number of hydrogen-bond acceptors (Lipinski definition) is 7. The smallest absolute Gasteiger partial charge is 0.230 e. The molecule has 3 rings (SSSR count). The van der Waals surface area contributed by atoms with Crippen LogP contribution in [0.5, 0.6) is 5.75 Å². The Balaban J connectivity index is 1.43. The largest absolute Gasteiger partial charge is 0.495 e. The van der Waals surface area contributed by atoms with E-state index in [1.54, 1.807) is 19.2 Å². The average Bonchev–Trinajstić information content (AvgIpc) is 3.16. The Labute approximate surface area is 187 Å². The molecule has 0 fully saturated rings. The van der Waals surface area contributed by atoms with Crippen LogP contribution in [0.4, 0.5) is 10.8 Å². The molecule has 0 aliphatic carbocycles. The number of anilines is 2. The molecule has 0 saturated heterocycles. The van der Waals surface area contributed by atoms with Gasteiger partial charge in [0.1, 0.15) is 5.75 Å². The second kappa shape index (κ2) is 10.7. The SMILES string of the molecule is COc1ccccc1Nc1nnc(SCC(=O)NCCc2ccc(Cl)cc2Cl)s1. The van der Waals surface area contributed by atoms with Crippen LogP contribution in [-0.2, 0) is 11.2 Å². The summed E-state index contributed by atoms with van der Waals surface area (Å²) < 4.78 is 6.01. The van der Waals surface area contributed by atoms with Gasteiger partial charge in [-0.2, -0.15) is 0 Å². The van der Waals surface area contributed by atoms with Crippen molar-refractivity contribution in [1.29, 1.82) is 0 Å². The molecule has 2 aromatic carbocycles. The number of hydrogen-bond donors (Lipinski definition) is 2. The topological polar surface area (TPSA) is 76.1 Å². The van der Waals surface area contributed by atoms with E-state index in [4.69, 9.17) is 27.9 Å². The van der Waals surface area contributed by atoms with Crippen molar-refractivity contribution in [3.63, 3.8) is 0 Å². The number of nitrogens with one attached hydrogen (secondary N) is 2. The number of aromatic nitrogens is 2. The van der Waals surface area contributed by atoms with Crippen LogP contribution in [0.25, 0.3) is 0 Å². The predicted octanol–water partition coefficient (Wildman–Crippen LogP) is 5.05. The van der Waals surface area contributed by atoms with Crippen LogP contribution in [0, 0.1) is 0 Å². The molecule has 0 radical (unpaired) electrons. The lowest BCUT2D eigenvalue weighted by Crippen LogP contribution is -2.27. The number of carbonyl (C=O) groups excluding carboxylic acids is 1. The van der Waals surface area contributed by atoms with Gasteiger partial charge < -0.3 is 15.4 Å². The monoisotopic (exact) mass is 468 g/mol. The molecule has 6 nitrogen and oxygen atoms in total. The highest BCUT2D eigenvalue weighted by atomic mass is 35.5. The zero-order chi connectivity index (χ0) is 20.6. The maximum absolute atomic E-state index is 12.1. The molecular weight excluding hydrogens is 451 g/mol. The van der Waals surface area contributed by atoms with Gasteiger partial charge in [0.15, 0.2) is 4.34 Å². The lowest BCUT2D eigenvalue weighted by Gasteiger charge is -2.07. The van der Waals surface area contributed by atoms with Crippen molar-refractivity contribution >= 4 is 63.0 Å². The number of amides is 1. The Morgan fingerprint density at radius 3 is 2.83 bits per heavy atom. The van der Waals surface area contributed by atoms with Gasteiger partial charge in [-0.25, -0.2) is 0 Å². The van der Waals surface area contributed by atoms with E-state index in [0.717, 1.165) is 17.0 Å². The highest BCUT2D eigenvalue weighted by Gasteiger charge is 2.10. The minimum Gasteiger partial charge on any atom is -0.495 e. The number of rotatable bonds is 9. The summed E-state index contributed by atoms with van der Waals surface area (Å²) in [6, 6.07) is 12.9. The summed E-state index contributed by atoms with van der Waals surface area (Å²) in [7, 11) is 1.61. The zero-order valence-electron chi connectivity index (χ0n) is 15.4. The lowest BCUT2D eigenvalue weighted by molar-refractivity contribution is -0.118. The molecule has 0 atom stereocenters. The molecule has 0 unspecified atom stereocenters. The summed E-state index contributed by atoms with van der Waals surface area (Å²) in [5.41, 5.74) is 1.75. The minimum absolute atomic E-state index is 0.0745. The van der Waals surface area contributed by atoms with E-state index in [9.17, 15) is 4.79 Å². The summed E-state index contributed by atoms with van der Waals surface area (Å²) in [5.74, 6) is 0.907. The molecule has 29 heavy (non-hydrogen) atoms. The van der Waals surface area contributed by atoms with E-state index in [1.165, 1.54) is 23.1 Å². The van der Waals surface area contributed by atoms with Gasteiger partial charge in [0, 0.05) is 16.6 Å². The number of nitrogens with zero attached hydrogens (tertiary/aromatic N) is 2. The van der Waals surface area contributed by atoms with Crippen molar-refractivity contribution in [2.45, 2.75) is 10.8 Å². The van der Waals surface area contributed by atoms with Crippen molar-refractivity contribution in [1.82, 2.24) is 15.5 Å². The lowest BCUT2D eigenvalue weighted by atomic mass is 10.1. The molecular formula is C19H18Cl2N4O2S2. The van der Waals surface area contributed by atoms with Gasteiger partial charge in [-0.15, -0.1) is 10.2 Å². The van der Waals surface area contributed by atoms with E-state index in [0.29, 0.717) is 32.5 Å². The maximum Gasteiger partial charge on any atom is 0.230 e. The number of carbonyl (C=O) groups is 1. The highest BCUT2D eigenvalue weighted by Crippen LogP contribution is 2.31. The van der Waals surface area contributed by atoms with Crippen molar-refractivity contribution in [2.75, 3.05) is 24.7 Å². The molecule has 2 N–H and O–H groups in total. The molecule has 10 heteroatoms. The second-order valence-corrected chi connectivity index (χ2v) is 8.87. The summed E-state index contributed by atoms with van der Waals surface area (Å²) in [5, 5.41) is 16.1. The third kappa shape index (κ3) is 6.50. The first-order valence-electron chi connectivity index (χ1n) is 8.62. The molecule has 1 aromatic heterocycles. The van der Waals surface area contributed by atoms with Gasteiger partial charge in [-0.05, 0) is 36.2 Å². The van der Waals surface area contributed by atoms with Crippen molar-refractivity contribution in [2.24, 2.45) is 0 Å². The van der Waals surface area contributed by atoms with Gasteiger partial charge in [-0.1, -0.05) is 64.5 Å². The van der Waals surface area contributed by atoms with Gasteiger partial charge in [0.05, 0.1) is 18.6 Å². The number of halogens is 2. The number of benzene rings is 2. The predicted molar refractivity (Wildman–Crippen MR) is 120 cm³/mol. The standard InChI is InChI=1S/C19H18Cl2N4O2S2/c1-27-16-5-3-2-4-15(16)23-18-24-25-19(29-18)28-11-17(26)22-9-8-12-6-7-13(20)10-14(12)21/h2-7,10H,8-9,11H2,1H3,(H,22,26)(H,23,24). The molecule has 0 spiro atoms. The van der Waals surface area contributed by atoms with Crippen LogP contribution in [-0.4, -0.2) is 35.5 Å². The summed E-state index contributed by atoms with van der Waals surface area (Å²) >= 11 is 14.7. The fourth-order valence-corrected chi connectivity index (χ4v) is 4.52. The molecule has 152 valence electrons. The van der Waals surface area contributed by atoms with E-state index >= 15 is 0 Å². The molecule has 0 bridgehead atoms. The van der Waals surface area contributed by atoms with Crippen molar-refractivity contribution in [3.05, 3.63) is 58.1 Å². The maximum atomic E-state index is 12.1. The highest BCUT2D eigenvalue weighted by molar-refractivity contribution is 8.01. The Morgan fingerprint density at radius 1 is 1.21 bits per heavy atom. The van der Waals surface area contributed by atoms with Crippen LogP contribution < -0.4 is 15.4 Å². The van der Waals surface area contributed by atoms with Crippen molar-refractivity contribution in [3.8, 4) is 5.75 Å². The Bertz CT molecular complexity index is 984. The van der Waals surface area contributed by atoms with E-state index in [1.807, 2.05) is 30.3 Å². The third-order valence-electron chi connectivity index (χ3n) is 3.81. The number of thioether (sulfide) groups is 1. The van der Waals surface area contributed by atoms with Gasteiger partial charge >= 0.3 is 0 Å². The van der Waals surface area contributed by atoms with Crippen LogP contribution >= 0.6 is 46.3 Å². The van der Waals surface area contributed by atoms with Crippen LogP contribution in [0.15, 0.2) is 46.8 Å². The first-order valence-corrected chi connectivity index (χ1v) is 11.2. The first-order chi connectivity index (χ1) is 14.0. The normalized spacial score (nSPS) is 10.6. The van der Waals surface area contributed by atoms with Gasteiger partial charge in [-0.3, -0.25) is 4.79 Å². The van der Waals surface area contributed by atoms with Crippen molar-refractivity contribution < 1.29 is 9.53 Å². The van der Waals surface area contributed by atoms with Gasteiger partial charge in [0.2, 0.25) is 11.0 Å². The van der Waals surface area contributed by atoms with Crippen LogP contribution in [0.2, 0.25) is 10.0 Å². The Kier molecular flexibility index (Phi) is 8.00. The summed E-state index contributed by atoms with van der Waals surface area (Å²) in [6.07, 6.45) is 0.637. The molecule has 0 aliphatic rings. The second-order valence-electron chi connectivity index (χ2n) is 5.82. The average molecular weight is 469 g/mol. The first kappa shape index (κ1) is 21.7. The number of methoxy groups -OCH3 is 1. The molecule has 0 aliphatic heterocycles. The van der Waals surface area contributed by atoms with Crippen LogP contribution in [0.3, 0.4) is 0 Å². The quantitative estimate of drug-likeness (QED) is 0.428. The molecule has 1 heterocycles. The summed E-state index contributed by atoms with van der Waals surface area (Å²) in [6.45, 7) is 0.497. The van der Waals surface area contributed by atoms with Crippen LogP contribution in [0.1, 0.15) is 5.56 Å². The Hall–Kier alpha value is -2.00. The number of para-hydroxylation sites is 2. The molecule has 0 saturated carbocycles. The molecule has 1 amide bonds. The third-order valence-corrected chi connectivity index (χ3v) is 6.37. The van der Waals surface area contributed by atoms with E-state index in [2.05, 4.69) is 20.8 Å².